The monoisotopic (exact) mass is 346 g/mol. The number of rotatable bonds is 4. The number of benzene rings is 3. The molecule has 0 aliphatic carbocycles. The SMILES string of the molecule is Clc1ccc2nc(-c3ccccc3)c(NNc3ccccc3)nc2c1. The van der Waals surface area contributed by atoms with E-state index in [9.17, 15) is 0 Å². The molecule has 0 radical (unpaired) electrons. The molecule has 0 unspecified atom stereocenters. The smallest absolute Gasteiger partial charge is 0.171 e. The highest BCUT2D eigenvalue weighted by Crippen LogP contribution is 2.28. The van der Waals surface area contributed by atoms with Gasteiger partial charge in [0.15, 0.2) is 5.82 Å². The first kappa shape index (κ1) is 15.4. The largest absolute Gasteiger partial charge is 0.300 e. The van der Waals surface area contributed by atoms with Gasteiger partial charge in [-0.1, -0.05) is 60.1 Å². The Bertz CT molecular complexity index is 1000. The topological polar surface area (TPSA) is 49.8 Å². The molecule has 0 bridgehead atoms. The lowest BCUT2D eigenvalue weighted by Crippen LogP contribution is -2.12. The van der Waals surface area contributed by atoms with E-state index in [1.54, 1.807) is 0 Å². The molecule has 0 saturated carbocycles. The van der Waals surface area contributed by atoms with Crippen molar-refractivity contribution in [1.29, 1.82) is 0 Å². The van der Waals surface area contributed by atoms with Crippen LogP contribution in [0.5, 0.6) is 0 Å². The van der Waals surface area contributed by atoms with Crippen LogP contribution in [0.15, 0.2) is 78.9 Å². The second kappa shape index (κ2) is 6.79. The maximum atomic E-state index is 6.10. The summed E-state index contributed by atoms with van der Waals surface area (Å²) in [6.45, 7) is 0. The molecule has 5 heteroatoms. The summed E-state index contributed by atoms with van der Waals surface area (Å²) in [7, 11) is 0. The highest BCUT2D eigenvalue weighted by atomic mass is 35.5. The standard InChI is InChI=1S/C20H15ClN4/c21-15-11-12-17-18(13-15)23-20(25-24-16-9-5-2-6-10-16)19(22-17)14-7-3-1-4-8-14/h1-13,24H,(H,23,25). The van der Waals surface area contributed by atoms with Crippen molar-refractivity contribution in [3.05, 3.63) is 83.9 Å². The van der Waals surface area contributed by atoms with Gasteiger partial charge in [-0.15, -0.1) is 0 Å². The van der Waals surface area contributed by atoms with Crippen molar-refractivity contribution >= 4 is 34.1 Å². The molecule has 1 heterocycles. The number of halogens is 1. The molecule has 3 aromatic carbocycles. The number of anilines is 2. The van der Waals surface area contributed by atoms with Gasteiger partial charge >= 0.3 is 0 Å². The Hall–Kier alpha value is -3.11. The molecule has 1 aromatic heterocycles. The highest BCUT2D eigenvalue weighted by molar-refractivity contribution is 6.31. The van der Waals surface area contributed by atoms with Crippen molar-refractivity contribution in [2.75, 3.05) is 10.9 Å². The molecule has 0 amide bonds. The quantitative estimate of drug-likeness (QED) is 0.486. The Labute approximate surface area is 150 Å². The molecule has 0 aliphatic rings. The molecule has 0 aliphatic heterocycles. The normalized spacial score (nSPS) is 10.6. The fraction of sp³-hybridized carbons (Fsp3) is 0. The first-order valence-corrected chi connectivity index (χ1v) is 8.27. The molecule has 4 aromatic rings. The van der Waals surface area contributed by atoms with Crippen LogP contribution in [-0.2, 0) is 0 Å². The minimum atomic E-state index is 0.635. The van der Waals surface area contributed by atoms with Gasteiger partial charge in [0.1, 0.15) is 5.69 Å². The molecule has 0 atom stereocenters. The Morgan fingerprint density at radius 2 is 1.40 bits per heavy atom. The van der Waals surface area contributed by atoms with E-state index in [0.29, 0.717) is 10.8 Å². The van der Waals surface area contributed by atoms with Crippen molar-refractivity contribution in [2.45, 2.75) is 0 Å². The fourth-order valence-corrected chi connectivity index (χ4v) is 2.73. The number of aromatic nitrogens is 2. The van der Waals surface area contributed by atoms with Crippen LogP contribution < -0.4 is 10.9 Å². The molecule has 4 nitrogen and oxygen atoms in total. The zero-order chi connectivity index (χ0) is 17.1. The summed E-state index contributed by atoms with van der Waals surface area (Å²) in [6.07, 6.45) is 0. The van der Waals surface area contributed by atoms with Gasteiger partial charge in [-0.25, -0.2) is 9.97 Å². The lowest BCUT2D eigenvalue weighted by Gasteiger charge is -2.14. The summed E-state index contributed by atoms with van der Waals surface area (Å²) in [5, 5.41) is 0.635. The van der Waals surface area contributed by atoms with Crippen molar-refractivity contribution < 1.29 is 0 Å². The number of nitrogens with zero attached hydrogens (tertiary/aromatic N) is 2. The van der Waals surface area contributed by atoms with Crippen molar-refractivity contribution in [2.24, 2.45) is 0 Å². The molecule has 0 saturated heterocycles. The van der Waals surface area contributed by atoms with E-state index in [2.05, 4.69) is 10.9 Å². The third-order valence-corrected chi connectivity index (χ3v) is 4.01. The van der Waals surface area contributed by atoms with Crippen LogP contribution in [0.3, 0.4) is 0 Å². The predicted octanol–water partition coefficient (Wildman–Crippen LogP) is 5.39. The first-order chi connectivity index (χ1) is 12.3. The van der Waals surface area contributed by atoms with Gasteiger partial charge < -0.3 is 0 Å². The molecule has 0 spiro atoms. The molecule has 4 rings (SSSR count). The minimum Gasteiger partial charge on any atom is -0.300 e. The number of nitrogens with one attached hydrogen (secondary N) is 2. The van der Waals surface area contributed by atoms with Crippen LogP contribution in [0.25, 0.3) is 22.3 Å². The number of hydrogen-bond donors (Lipinski definition) is 2. The van der Waals surface area contributed by atoms with Crippen LogP contribution in [0, 0.1) is 0 Å². The Morgan fingerprint density at radius 3 is 2.16 bits per heavy atom. The number of fused-ring (bicyclic) bond motifs is 1. The van der Waals surface area contributed by atoms with Crippen LogP contribution in [0.4, 0.5) is 11.5 Å². The van der Waals surface area contributed by atoms with Crippen LogP contribution in [0.2, 0.25) is 5.02 Å². The minimum absolute atomic E-state index is 0.635. The van der Waals surface area contributed by atoms with Crippen LogP contribution in [0.1, 0.15) is 0 Å². The highest BCUT2D eigenvalue weighted by Gasteiger charge is 2.11. The van der Waals surface area contributed by atoms with Gasteiger partial charge in [-0.3, -0.25) is 10.9 Å². The van der Waals surface area contributed by atoms with Gasteiger partial charge in [-0.05, 0) is 30.3 Å². The molecular weight excluding hydrogens is 332 g/mol. The van der Waals surface area contributed by atoms with Crippen LogP contribution in [-0.4, -0.2) is 9.97 Å². The summed E-state index contributed by atoms with van der Waals surface area (Å²) in [5.74, 6) is 0.643. The molecule has 25 heavy (non-hydrogen) atoms. The third kappa shape index (κ3) is 3.39. The third-order valence-electron chi connectivity index (χ3n) is 3.77. The Balaban J connectivity index is 1.78. The zero-order valence-electron chi connectivity index (χ0n) is 13.3. The Kier molecular flexibility index (Phi) is 4.19. The molecule has 122 valence electrons. The van der Waals surface area contributed by atoms with Gasteiger partial charge in [0.05, 0.1) is 16.7 Å². The fourth-order valence-electron chi connectivity index (χ4n) is 2.56. The maximum absolute atomic E-state index is 6.10. The average Bonchev–Trinajstić information content (AvgIpc) is 2.67. The number of hydrogen-bond acceptors (Lipinski definition) is 4. The summed E-state index contributed by atoms with van der Waals surface area (Å²) >= 11 is 6.10. The van der Waals surface area contributed by atoms with E-state index < -0.39 is 0 Å². The second-order valence-electron chi connectivity index (χ2n) is 5.54. The zero-order valence-corrected chi connectivity index (χ0v) is 14.0. The van der Waals surface area contributed by atoms with E-state index in [1.807, 2.05) is 78.9 Å². The lowest BCUT2D eigenvalue weighted by molar-refractivity contribution is 1.25. The summed E-state index contributed by atoms with van der Waals surface area (Å²) < 4.78 is 0. The van der Waals surface area contributed by atoms with Crippen molar-refractivity contribution in [3.8, 4) is 11.3 Å². The lowest BCUT2D eigenvalue weighted by atomic mass is 10.1. The van der Waals surface area contributed by atoms with Crippen molar-refractivity contribution in [1.82, 2.24) is 9.97 Å². The van der Waals surface area contributed by atoms with Gasteiger partial charge in [0.2, 0.25) is 0 Å². The van der Waals surface area contributed by atoms with E-state index in [-0.39, 0.29) is 0 Å². The summed E-state index contributed by atoms with van der Waals surface area (Å²) in [5.41, 5.74) is 10.6. The average molecular weight is 347 g/mol. The van der Waals surface area contributed by atoms with E-state index >= 15 is 0 Å². The maximum Gasteiger partial charge on any atom is 0.171 e. The van der Waals surface area contributed by atoms with E-state index in [4.69, 9.17) is 21.6 Å². The number of hydrazine groups is 1. The summed E-state index contributed by atoms with van der Waals surface area (Å²) in [4.78, 5) is 9.48. The van der Waals surface area contributed by atoms with Crippen molar-refractivity contribution in [3.63, 3.8) is 0 Å². The molecule has 2 N–H and O–H groups in total. The number of para-hydroxylation sites is 1. The first-order valence-electron chi connectivity index (χ1n) is 7.89. The van der Waals surface area contributed by atoms with E-state index in [1.165, 1.54) is 0 Å². The van der Waals surface area contributed by atoms with Gasteiger partial charge in [-0.2, -0.15) is 0 Å². The van der Waals surface area contributed by atoms with Crippen LogP contribution >= 0.6 is 11.6 Å². The summed E-state index contributed by atoms with van der Waals surface area (Å²) in [6, 6.07) is 25.3. The van der Waals surface area contributed by atoms with Gasteiger partial charge in [0, 0.05) is 10.6 Å². The molecule has 0 fully saturated rings. The van der Waals surface area contributed by atoms with Gasteiger partial charge in [0.25, 0.3) is 0 Å². The predicted molar refractivity (Wildman–Crippen MR) is 104 cm³/mol. The second-order valence-corrected chi connectivity index (χ2v) is 5.97. The molecular formula is C20H15ClN4. The van der Waals surface area contributed by atoms with E-state index in [0.717, 1.165) is 28.0 Å². The Morgan fingerprint density at radius 1 is 0.680 bits per heavy atom.